The van der Waals surface area contributed by atoms with Crippen molar-refractivity contribution in [3.8, 4) is 17.2 Å². The third-order valence-corrected chi connectivity index (χ3v) is 7.37. The molecule has 0 bridgehead atoms. The molecule has 1 aliphatic rings. The van der Waals surface area contributed by atoms with Crippen LogP contribution in [0.4, 0.5) is 5.13 Å². The molecular weight excluding hydrogens is 512 g/mol. The maximum atomic E-state index is 13.5. The first kappa shape index (κ1) is 26.7. The largest absolute Gasteiger partial charge is 0.507 e. The molecule has 2 heterocycles. The van der Waals surface area contributed by atoms with Crippen LogP contribution in [-0.2, 0) is 14.3 Å². The van der Waals surface area contributed by atoms with Gasteiger partial charge in [-0.1, -0.05) is 11.3 Å². The molecule has 2 aromatic carbocycles. The third-order valence-electron chi connectivity index (χ3n) is 6.23. The van der Waals surface area contributed by atoms with E-state index in [2.05, 4.69) is 4.98 Å². The number of carbonyl (C=O) groups is 3. The Bertz CT molecular complexity index is 1480. The smallest absolute Gasteiger partial charge is 0.350 e. The summed E-state index contributed by atoms with van der Waals surface area (Å²) in [5.41, 5.74) is 1.58. The Labute approximate surface area is 223 Å². The van der Waals surface area contributed by atoms with Crippen molar-refractivity contribution in [1.29, 1.82) is 0 Å². The molecule has 0 saturated carbocycles. The molecule has 1 N–H and O–H groups in total. The number of aliphatic hydroxyl groups is 1. The number of amides is 1. The highest BCUT2D eigenvalue weighted by molar-refractivity contribution is 7.17. The van der Waals surface area contributed by atoms with Gasteiger partial charge in [0.25, 0.3) is 5.78 Å². The van der Waals surface area contributed by atoms with Crippen molar-refractivity contribution in [3.05, 3.63) is 69.2 Å². The maximum absolute atomic E-state index is 13.5. The molecule has 38 heavy (non-hydrogen) atoms. The predicted octanol–water partition coefficient (Wildman–Crippen LogP) is 4.20. The lowest BCUT2D eigenvalue weighted by Gasteiger charge is -2.25. The van der Waals surface area contributed by atoms with Gasteiger partial charge < -0.3 is 24.1 Å². The Morgan fingerprint density at radius 1 is 0.974 bits per heavy atom. The van der Waals surface area contributed by atoms with Gasteiger partial charge in [0.2, 0.25) is 0 Å². The first-order chi connectivity index (χ1) is 18.2. The number of thiazole rings is 1. The fourth-order valence-corrected chi connectivity index (χ4v) is 5.32. The van der Waals surface area contributed by atoms with Crippen molar-refractivity contribution in [2.75, 3.05) is 33.3 Å². The van der Waals surface area contributed by atoms with E-state index in [0.717, 1.165) is 11.3 Å². The molecule has 1 aliphatic heterocycles. The summed E-state index contributed by atoms with van der Waals surface area (Å²) in [6.07, 6.45) is 0. The molecule has 11 heteroatoms. The monoisotopic (exact) mass is 538 g/mol. The number of ketones is 1. The van der Waals surface area contributed by atoms with E-state index in [9.17, 15) is 19.5 Å². The van der Waals surface area contributed by atoms with Crippen LogP contribution in [0.5, 0.6) is 17.2 Å². The molecule has 3 aromatic rings. The Morgan fingerprint density at radius 2 is 1.63 bits per heavy atom. The van der Waals surface area contributed by atoms with Gasteiger partial charge in [-0.15, -0.1) is 0 Å². The van der Waals surface area contributed by atoms with Gasteiger partial charge in [-0.05, 0) is 49.7 Å². The van der Waals surface area contributed by atoms with Crippen LogP contribution in [0.1, 0.15) is 38.1 Å². The summed E-state index contributed by atoms with van der Waals surface area (Å²) in [4.78, 5) is 45.0. The van der Waals surface area contributed by atoms with Crippen LogP contribution in [0.3, 0.4) is 0 Å². The molecule has 0 radical (unpaired) electrons. The van der Waals surface area contributed by atoms with Gasteiger partial charge in [-0.2, -0.15) is 0 Å². The van der Waals surface area contributed by atoms with Crippen molar-refractivity contribution in [3.63, 3.8) is 0 Å². The Hall–Kier alpha value is -4.38. The number of anilines is 1. The summed E-state index contributed by atoms with van der Waals surface area (Å²) in [7, 11) is 5.71. The number of aromatic nitrogens is 1. The zero-order valence-electron chi connectivity index (χ0n) is 21.6. The minimum atomic E-state index is -1.12. The van der Waals surface area contributed by atoms with E-state index in [1.165, 1.54) is 33.3 Å². The van der Waals surface area contributed by atoms with Crippen molar-refractivity contribution in [2.24, 2.45) is 0 Å². The molecule has 0 spiro atoms. The van der Waals surface area contributed by atoms with Gasteiger partial charge >= 0.3 is 11.9 Å². The fraction of sp³-hybridized carbons (Fsp3) is 0.259. The van der Waals surface area contributed by atoms with Crippen LogP contribution in [-0.4, -0.2) is 56.2 Å². The standard InChI is InChI=1S/C27H26N2O8S/c1-13-11-15(34-3)7-9-17(13)22(30)20-21(18-10-8-16(35-4)12-19(18)36-5)29(25(32)23(20)31)27-28-14(2)24(38-27)26(33)37-6/h7-12,21,30H,1-6H3/b22-20+/t21-/m0/s1. The molecule has 1 aromatic heterocycles. The normalized spacial score (nSPS) is 16.5. The summed E-state index contributed by atoms with van der Waals surface area (Å²) in [6, 6.07) is 8.77. The minimum Gasteiger partial charge on any atom is -0.507 e. The second-order valence-electron chi connectivity index (χ2n) is 8.36. The number of hydrogen-bond acceptors (Lipinski definition) is 10. The molecule has 1 atom stereocenters. The van der Waals surface area contributed by atoms with Crippen LogP contribution in [0.2, 0.25) is 0 Å². The average Bonchev–Trinajstić information content (AvgIpc) is 3.43. The topological polar surface area (TPSA) is 124 Å². The number of aryl methyl sites for hydroxylation is 2. The maximum Gasteiger partial charge on any atom is 0.350 e. The number of hydrogen-bond donors (Lipinski definition) is 1. The molecule has 198 valence electrons. The quantitative estimate of drug-likeness (QED) is 0.204. The second-order valence-corrected chi connectivity index (χ2v) is 9.34. The van der Waals surface area contributed by atoms with Crippen LogP contribution in [0, 0.1) is 13.8 Å². The molecule has 0 aliphatic carbocycles. The van der Waals surface area contributed by atoms with E-state index in [4.69, 9.17) is 18.9 Å². The Kier molecular flexibility index (Phi) is 7.40. The third kappa shape index (κ3) is 4.45. The molecular formula is C27H26N2O8S. The number of nitrogens with zero attached hydrogens (tertiary/aromatic N) is 2. The van der Waals surface area contributed by atoms with E-state index >= 15 is 0 Å². The zero-order chi connectivity index (χ0) is 27.7. The van der Waals surface area contributed by atoms with Gasteiger partial charge in [0.1, 0.15) is 33.9 Å². The average molecular weight is 539 g/mol. The van der Waals surface area contributed by atoms with Crippen LogP contribution in [0.25, 0.3) is 5.76 Å². The van der Waals surface area contributed by atoms with Gasteiger partial charge in [0.05, 0.1) is 39.7 Å². The number of methoxy groups -OCH3 is 4. The highest BCUT2D eigenvalue weighted by atomic mass is 32.1. The van der Waals surface area contributed by atoms with E-state index in [1.54, 1.807) is 50.2 Å². The predicted molar refractivity (Wildman–Crippen MR) is 140 cm³/mol. The Balaban J connectivity index is 2.00. The lowest BCUT2D eigenvalue weighted by atomic mass is 9.93. The molecule has 0 unspecified atom stereocenters. The minimum absolute atomic E-state index is 0.0957. The Morgan fingerprint density at radius 3 is 2.24 bits per heavy atom. The van der Waals surface area contributed by atoms with Crippen LogP contribution >= 0.6 is 11.3 Å². The number of esters is 1. The number of carbonyl (C=O) groups excluding carboxylic acids is 3. The van der Waals surface area contributed by atoms with E-state index in [0.29, 0.717) is 39.6 Å². The van der Waals surface area contributed by atoms with E-state index < -0.39 is 23.7 Å². The summed E-state index contributed by atoms with van der Waals surface area (Å²) in [5.74, 6) is -1.42. The first-order valence-electron chi connectivity index (χ1n) is 11.4. The zero-order valence-corrected chi connectivity index (χ0v) is 22.5. The SMILES string of the molecule is COC(=O)c1sc(N2C(=O)C(=O)/C(=C(/O)c3ccc(OC)cc3C)[C@@H]2c2ccc(OC)cc2OC)nc1C. The molecule has 1 fully saturated rings. The second kappa shape index (κ2) is 10.5. The van der Waals surface area contributed by atoms with Crippen molar-refractivity contribution >= 4 is 39.9 Å². The summed E-state index contributed by atoms with van der Waals surface area (Å²) < 4.78 is 21.0. The van der Waals surface area contributed by atoms with Gasteiger partial charge in [-0.25, -0.2) is 9.78 Å². The summed E-state index contributed by atoms with van der Waals surface area (Å²) in [6.45, 7) is 3.36. The molecule has 1 amide bonds. The van der Waals surface area contributed by atoms with Gasteiger partial charge in [0.15, 0.2) is 5.13 Å². The van der Waals surface area contributed by atoms with Crippen molar-refractivity contribution in [2.45, 2.75) is 19.9 Å². The fourth-order valence-electron chi connectivity index (χ4n) is 4.31. The molecule has 10 nitrogen and oxygen atoms in total. The number of ether oxygens (including phenoxy) is 4. The number of benzene rings is 2. The number of rotatable bonds is 7. The van der Waals surface area contributed by atoms with Crippen LogP contribution in [0.15, 0.2) is 42.0 Å². The lowest BCUT2D eigenvalue weighted by molar-refractivity contribution is -0.132. The van der Waals surface area contributed by atoms with Crippen molar-refractivity contribution < 1.29 is 38.4 Å². The highest BCUT2D eigenvalue weighted by Gasteiger charge is 2.49. The van der Waals surface area contributed by atoms with Crippen LogP contribution < -0.4 is 19.1 Å². The molecule has 4 rings (SSSR count). The van der Waals surface area contributed by atoms with Gasteiger partial charge in [-0.3, -0.25) is 14.5 Å². The van der Waals surface area contributed by atoms with E-state index in [1.807, 2.05) is 0 Å². The number of Topliss-reactive ketones (excluding diaryl/α,β-unsaturated/α-hetero) is 1. The molecule has 1 saturated heterocycles. The summed E-state index contributed by atoms with van der Waals surface area (Å²) in [5, 5.41) is 11.6. The van der Waals surface area contributed by atoms with E-state index in [-0.39, 0.29) is 21.3 Å². The summed E-state index contributed by atoms with van der Waals surface area (Å²) >= 11 is 0.913. The highest BCUT2D eigenvalue weighted by Crippen LogP contribution is 2.47. The first-order valence-corrected chi connectivity index (χ1v) is 12.2. The van der Waals surface area contributed by atoms with Gasteiger partial charge in [0, 0.05) is 17.2 Å². The lowest BCUT2D eigenvalue weighted by Crippen LogP contribution is -2.29. The van der Waals surface area contributed by atoms with Crippen molar-refractivity contribution in [1.82, 2.24) is 4.98 Å². The number of aliphatic hydroxyl groups excluding tert-OH is 1.